The first-order valence-corrected chi connectivity index (χ1v) is 9.84. The van der Waals surface area contributed by atoms with Gasteiger partial charge in [-0.3, -0.25) is 4.99 Å². The molecule has 140 valence electrons. The molecule has 0 fully saturated rings. The molecule has 0 saturated carbocycles. The third kappa shape index (κ3) is 3.70. The molecule has 0 aliphatic carbocycles. The maximum absolute atomic E-state index is 4.68. The number of hydrogen-bond donors (Lipinski definition) is 0. The quantitative estimate of drug-likeness (QED) is 0.370. The number of benzene rings is 3. The third-order valence-electron chi connectivity index (χ3n) is 5.12. The van der Waals surface area contributed by atoms with Crippen LogP contribution in [0.1, 0.15) is 19.5 Å². The molecule has 0 bridgehead atoms. The summed E-state index contributed by atoms with van der Waals surface area (Å²) < 4.78 is 2.17. The summed E-state index contributed by atoms with van der Waals surface area (Å²) in [5.74, 6) is 0. The van der Waals surface area contributed by atoms with Crippen LogP contribution in [0.5, 0.6) is 0 Å². The lowest BCUT2D eigenvalue weighted by Crippen LogP contribution is -2.21. The smallest absolute Gasteiger partial charge is 0.0639 e. The molecule has 0 spiro atoms. The lowest BCUT2D eigenvalue weighted by atomic mass is 10.1. The first-order valence-electron chi connectivity index (χ1n) is 9.84. The summed E-state index contributed by atoms with van der Waals surface area (Å²) >= 11 is 0. The molecule has 4 aromatic rings. The fourth-order valence-electron chi connectivity index (χ4n) is 3.54. The van der Waals surface area contributed by atoms with Gasteiger partial charge in [-0.25, -0.2) is 0 Å². The Morgan fingerprint density at radius 2 is 1.57 bits per heavy atom. The second-order valence-electron chi connectivity index (χ2n) is 6.78. The van der Waals surface area contributed by atoms with E-state index in [1.807, 2.05) is 6.21 Å². The van der Waals surface area contributed by atoms with Crippen LogP contribution < -0.4 is 4.90 Å². The van der Waals surface area contributed by atoms with Gasteiger partial charge in [-0.15, -0.1) is 0 Å². The average Bonchev–Trinajstić information content (AvgIpc) is 3.22. The molecule has 0 unspecified atom stereocenters. The van der Waals surface area contributed by atoms with E-state index in [4.69, 9.17) is 0 Å². The molecule has 4 rings (SSSR count). The molecule has 3 heteroatoms. The van der Waals surface area contributed by atoms with Crippen LogP contribution in [0.3, 0.4) is 0 Å². The normalized spacial score (nSPS) is 11.4. The van der Waals surface area contributed by atoms with Gasteiger partial charge >= 0.3 is 0 Å². The van der Waals surface area contributed by atoms with Gasteiger partial charge in [0.05, 0.1) is 17.6 Å². The van der Waals surface area contributed by atoms with Crippen molar-refractivity contribution in [3.05, 3.63) is 90.8 Å². The molecular weight excluding hydrogens is 342 g/mol. The zero-order valence-corrected chi connectivity index (χ0v) is 16.4. The number of aliphatic imine (C=N–C) groups is 1. The average molecular weight is 367 g/mol. The summed E-state index contributed by atoms with van der Waals surface area (Å²) in [6.07, 6.45) is 4.01. The van der Waals surface area contributed by atoms with Gasteiger partial charge < -0.3 is 9.47 Å². The van der Waals surface area contributed by atoms with Gasteiger partial charge in [0, 0.05) is 30.7 Å². The molecule has 1 heterocycles. The van der Waals surface area contributed by atoms with E-state index in [9.17, 15) is 0 Å². The molecule has 28 heavy (non-hydrogen) atoms. The molecule has 0 radical (unpaired) electrons. The highest BCUT2D eigenvalue weighted by Crippen LogP contribution is 2.22. The van der Waals surface area contributed by atoms with Crippen LogP contribution in [0.15, 0.2) is 90.1 Å². The van der Waals surface area contributed by atoms with Gasteiger partial charge in [-0.05, 0) is 73.2 Å². The van der Waals surface area contributed by atoms with Gasteiger partial charge in [0.2, 0.25) is 0 Å². The van der Waals surface area contributed by atoms with Crippen molar-refractivity contribution >= 4 is 28.4 Å². The molecule has 0 aliphatic rings. The minimum atomic E-state index is 0.960. The lowest BCUT2D eigenvalue weighted by Gasteiger charge is -2.20. The van der Waals surface area contributed by atoms with Crippen molar-refractivity contribution < 1.29 is 0 Å². The maximum atomic E-state index is 4.68. The van der Waals surface area contributed by atoms with Gasteiger partial charge in [-0.2, -0.15) is 0 Å². The number of fused-ring (bicyclic) bond motifs is 1. The topological polar surface area (TPSA) is 20.5 Å². The minimum absolute atomic E-state index is 0.960. The molecule has 0 saturated heterocycles. The van der Waals surface area contributed by atoms with Gasteiger partial charge in [0.15, 0.2) is 0 Å². The highest BCUT2D eigenvalue weighted by Gasteiger charge is 2.04. The molecular formula is C25H25N3. The van der Waals surface area contributed by atoms with Crippen LogP contribution in [0.2, 0.25) is 0 Å². The summed E-state index contributed by atoms with van der Waals surface area (Å²) in [5, 5.41) is 2.49. The van der Waals surface area contributed by atoms with Crippen molar-refractivity contribution in [1.29, 1.82) is 0 Å². The molecule has 0 atom stereocenters. The van der Waals surface area contributed by atoms with Gasteiger partial charge in [0.25, 0.3) is 0 Å². The van der Waals surface area contributed by atoms with E-state index in [1.54, 1.807) is 0 Å². The van der Waals surface area contributed by atoms with Crippen molar-refractivity contribution in [3.63, 3.8) is 0 Å². The van der Waals surface area contributed by atoms with Gasteiger partial charge in [0.1, 0.15) is 0 Å². The van der Waals surface area contributed by atoms with Gasteiger partial charge in [-0.1, -0.05) is 30.3 Å². The maximum Gasteiger partial charge on any atom is 0.0639 e. The second kappa shape index (κ2) is 8.13. The van der Waals surface area contributed by atoms with Crippen LogP contribution in [-0.2, 0) is 0 Å². The lowest BCUT2D eigenvalue weighted by molar-refractivity contribution is 0.866. The van der Waals surface area contributed by atoms with E-state index in [2.05, 4.69) is 113 Å². The van der Waals surface area contributed by atoms with E-state index >= 15 is 0 Å². The predicted octanol–water partition coefficient (Wildman–Crippen LogP) is 6.23. The Kier molecular flexibility index (Phi) is 5.24. The molecule has 0 amide bonds. The number of anilines is 1. The molecule has 0 N–H and O–H groups in total. The first kappa shape index (κ1) is 18.1. The van der Waals surface area contributed by atoms with E-state index < -0.39 is 0 Å². The zero-order valence-electron chi connectivity index (χ0n) is 16.4. The SMILES string of the molecule is CCN(CC)c1ccc(N=Cc2cccn2-c2ccc3ccccc3c2)cc1. The molecule has 1 aromatic heterocycles. The van der Waals surface area contributed by atoms with Crippen LogP contribution in [0, 0.1) is 0 Å². The minimum Gasteiger partial charge on any atom is -0.372 e. The molecule has 0 aliphatic heterocycles. The Bertz CT molecular complexity index is 1090. The highest BCUT2D eigenvalue weighted by atomic mass is 15.1. The third-order valence-corrected chi connectivity index (χ3v) is 5.12. The second-order valence-corrected chi connectivity index (χ2v) is 6.78. The van der Waals surface area contributed by atoms with Crippen molar-refractivity contribution in [1.82, 2.24) is 4.57 Å². The Hall–Kier alpha value is -3.33. The van der Waals surface area contributed by atoms with Crippen molar-refractivity contribution in [3.8, 4) is 5.69 Å². The van der Waals surface area contributed by atoms with E-state index in [1.165, 1.54) is 16.5 Å². The standard InChI is InChI=1S/C25H25N3/c1-3-27(4-2)23-15-12-22(13-16-23)26-19-25-10-7-17-28(25)24-14-11-20-8-5-6-9-21(20)18-24/h5-19H,3-4H2,1-2H3. The summed E-state index contributed by atoms with van der Waals surface area (Å²) in [4.78, 5) is 7.02. The first-order chi connectivity index (χ1) is 13.8. The van der Waals surface area contributed by atoms with Crippen LogP contribution in [0.4, 0.5) is 11.4 Å². The number of nitrogens with zero attached hydrogens (tertiary/aromatic N) is 3. The summed E-state index contributed by atoms with van der Waals surface area (Å²) in [6.45, 7) is 6.38. The number of hydrogen-bond acceptors (Lipinski definition) is 2. The highest BCUT2D eigenvalue weighted by molar-refractivity contribution is 5.86. The Morgan fingerprint density at radius 3 is 2.32 bits per heavy atom. The number of rotatable bonds is 6. The Balaban J connectivity index is 1.58. The van der Waals surface area contributed by atoms with Crippen LogP contribution in [-0.4, -0.2) is 23.9 Å². The van der Waals surface area contributed by atoms with Crippen LogP contribution >= 0.6 is 0 Å². The Morgan fingerprint density at radius 1 is 0.821 bits per heavy atom. The zero-order chi connectivity index (χ0) is 19.3. The van der Waals surface area contributed by atoms with E-state index in [0.717, 1.165) is 30.2 Å². The fourth-order valence-corrected chi connectivity index (χ4v) is 3.54. The van der Waals surface area contributed by atoms with Crippen molar-refractivity contribution in [2.45, 2.75) is 13.8 Å². The fraction of sp³-hybridized carbons (Fsp3) is 0.160. The van der Waals surface area contributed by atoms with Crippen molar-refractivity contribution in [2.24, 2.45) is 4.99 Å². The number of aromatic nitrogens is 1. The predicted molar refractivity (Wildman–Crippen MR) is 121 cm³/mol. The molecule has 3 nitrogen and oxygen atoms in total. The van der Waals surface area contributed by atoms with Crippen LogP contribution in [0.25, 0.3) is 16.5 Å². The monoisotopic (exact) mass is 367 g/mol. The largest absolute Gasteiger partial charge is 0.372 e. The summed E-state index contributed by atoms with van der Waals surface area (Å²) in [6, 6.07) is 27.5. The van der Waals surface area contributed by atoms with E-state index in [0.29, 0.717) is 0 Å². The molecule has 3 aromatic carbocycles. The Labute approximate surface area is 166 Å². The van der Waals surface area contributed by atoms with E-state index in [-0.39, 0.29) is 0 Å². The summed E-state index contributed by atoms with van der Waals surface area (Å²) in [7, 11) is 0. The summed E-state index contributed by atoms with van der Waals surface area (Å²) in [5.41, 5.74) is 4.40. The van der Waals surface area contributed by atoms with Crippen molar-refractivity contribution in [2.75, 3.05) is 18.0 Å².